The molecule has 0 spiro atoms. The first-order valence-electron chi connectivity index (χ1n) is 13.8. The van der Waals surface area contributed by atoms with E-state index >= 15 is 0 Å². The summed E-state index contributed by atoms with van der Waals surface area (Å²) in [6.45, 7) is 2.20. The number of hydrogen-bond acceptors (Lipinski definition) is 14. The van der Waals surface area contributed by atoms with E-state index in [4.69, 9.17) is 23.7 Å². The number of alkyl carbamates (subject to hydrolysis) is 1. The molecule has 2 aliphatic heterocycles. The van der Waals surface area contributed by atoms with E-state index in [0.717, 1.165) is 32.1 Å². The molecule has 6 unspecified atom stereocenters. The number of nitrogens with one attached hydrogen (secondary N) is 1. The third kappa shape index (κ3) is 23.0. The van der Waals surface area contributed by atoms with Gasteiger partial charge in [0, 0.05) is 277 Å². The van der Waals surface area contributed by atoms with Crippen LogP contribution in [-0.2, 0) is 33.2 Å². The van der Waals surface area contributed by atoms with Crippen molar-refractivity contribution < 1.29 is 333 Å². The first kappa shape index (κ1) is 62.9. The second-order valence-corrected chi connectivity index (χ2v) is 9.89. The standard InChI is InChI=1S/C26H45NO14.6Ac/c1-3-11-38-26(35)27-18-23(41-25-22(34)21(33)19(31)15(13-28)40-25)20(32)16(14-29)39-24(18)37-12-9-7-5-4-6-8-10-17(30)36-2;;;;;;/h3,15-16,18-25,28-29,31-34H,1,4-14H2,2H3,(H,27,35);;;;;;/t15?,16?,18?,19-,20-,21?,22?,23?,24-,25-;;;;;;/m1....../s1. The van der Waals surface area contributed by atoms with Gasteiger partial charge in [0.1, 0.15) is 55.4 Å². The maximum absolute atomic E-state index is 12.4. The summed E-state index contributed by atoms with van der Waals surface area (Å²) >= 11 is 0. The summed E-state index contributed by atoms with van der Waals surface area (Å²) in [7, 11) is 1.36. The van der Waals surface area contributed by atoms with Gasteiger partial charge in [0.2, 0.25) is 0 Å². The number of methoxy groups -OCH3 is 1. The number of carbonyl (C=O) groups is 2. The minimum atomic E-state index is -1.78. The molecule has 2 aliphatic rings. The van der Waals surface area contributed by atoms with Crippen LogP contribution in [0.5, 0.6) is 0 Å². The second kappa shape index (κ2) is 37.0. The molecule has 2 rings (SSSR count). The molecule has 6 radical (unpaired) electrons. The van der Waals surface area contributed by atoms with E-state index in [2.05, 4.69) is 16.6 Å². The van der Waals surface area contributed by atoms with Crippen LogP contribution in [0, 0.1) is 264 Å². The summed E-state index contributed by atoms with van der Waals surface area (Å²) in [6, 6.07) is -1.24. The fourth-order valence-electron chi connectivity index (χ4n) is 4.55. The van der Waals surface area contributed by atoms with Gasteiger partial charge in [-0.1, -0.05) is 38.3 Å². The average molecular weight is 1960 g/mol. The predicted molar refractivity (Wildman–Crippen MR) is 139 cm³/mol. The number of aliphatic hydroxyl groups excluding tert-OH is 6. The number of rotatable bonds is 17. The van der Waals surface area contributed by atoms with Crippen LogP contribution in [0.2, 0.25) is 0 Å². The van der Waals surface area contributed by atoms with Gasteiger partial charge in [0.05, 0.1) is 20.3 Å². The molecular formula is C26H45Ac6NO14. The van der Waals surface area contributed by atoms with Gasteiger partial charge < -0.3 is 64.4 Å². The third-order valence-electron chi connectivity index (χ3n) is 6.90. The quantitative estimate of drug-likeness (QED) is 0.0499. The number of carbonyl (C=O) groups excluding carboxylic acids is 2. The van der Waals surface area contributed by atoms with E-state index in [1.54, 1.807) is 0 Å². The zero-order valence-corrected chi connectivity index (χ0v) is 55.2. The maximum atomic E-state index is 12.4. The minimum absolute atomic E-state index is 0. The Morgan fingerprint density at radius 2 is 1.30 bits per heavy atom. The topological polar surface area (TPSA) is 223 Å². The van der Waals surface area contributed by atoms with Gasteiger partial charge in [-0.25, -0.2) is 4.79 Å². The molecule has 10 atom stereocenters. The summed E-state index contributed by atoms with van der Waals surface area (Å²) in [6.07, 6.45) is -7.84. The fraction of sp³-hybridized carbons (Fsp3) is 0.846. The van der Waals surface area contributed by atoms with Gasteiger partial charge in [-0.15, -0.1) is 0 Å². The smallest absolute Gasteiger partial charge is 0.407 e. The Labute approximate surface area is 491 Å². The van der Waals surface area contributed by atoms with Crippen LogP contribution in [0.25, 0.3) is 0 Å². The van der Waals surface area contributed by atoms with Crippen LogP contribution in [-0.4, -0.2) is 138 Å². The van der Waals surface area contributed by atoms with Crippen molar-refractivity contribution in [3.63, 3.8) is 0 Å². The Morgan fingerprint density at radius 1 is 0.766 bits per heavy atom. The van der Waals surface area contributed by atoms with E-state index in [0.29, 0.717) is 12.8 Å². The Hall–Kier alpha value is 6.73. The fourth-order valence-corrected chi connectivity index (χ4v) is 4.55. The molecule has 2 saturated heterocycles. The summed E-state index contributed by atoms with van der Waals surface area (Å²) in [5.74, 6) is -0.234. The molecule has 0 bridgehead atoms. The largest absolute Gasteiger partial charge is 0.469 e. The van der Waals surface area contributed by atoms with Crippen LogP contribution in [0.1, 0.15) is 44.9 Å². The van der Waals surface area contributed by atoms with Gasteiger partial charge in [0.15, 0.2) is 12.6 Å². The van der Waals surface area contributed by atoms with E-state index in [-0.39, 0.29) is 284 Å². The van der Waals surface area contributed by atoms with Crippen LogP contribution < -0.4 is 5.32 Å². The van der Waals surface area contributed by atoms with Gasteiger partial charge in [0.25, 0.3) is 0 Å². The van der Waals surface area contributed by atoms with E-state index in [1.165, 1.54) is 13.2 Å². The number of aliphatic hydroxyl groups is 6. The first-order valence-corrected chi connectivity index (χ1v) is 13.8. The van der Waals surface area contributed by atoms with Gasteiger partial charge in [-0.05, 0) is 12.8 Å². The number of unbranched alkanes of at least 4 members (excludes halogenated alkanes) is 5. The van der Waals surface area contributed by atoms with Gasteiger partial charge in [-0.3, -0.25) is 4.79 Å². The van der Waals surface area contributed by atoms with Crippen molar-refractivity contribution >= 4 is 12.1 Å². The van der Waals surface area contributed by atoms with Crippen molar-refractivity contribution in [1.82, 2.24) is 5.32 Å². The normalized spacial score (nSPS) is 29.3. The van der Waals surface area contributed by atoms with Crippen LogP contribution in [0.3, 0.4) is 0 Å². The zero-order chi connectivity index (χ0) is 30.4. The van der Waals surface area contributed by atoms with Crippen LogP contribution in [0.4, 0.5) is 4.79 Å². The van der Waals surface area contributed by atoms with E-state index < -0.39 is 80.7 Å². The number of esters is 1. The number of ether oxygens (including phenoxy) is 6. The first-order chi connectivity index (χ1) is 19.7. The molecule has 0 aromatic carbocycles. The molecule has 0 aromatic heterocycles. The van der Waals surface area contributed by atoms with Crippen molar-refractivity contribution in [2.24, 2.45) is 0 Å². The molecule has 47 heavy (non-hydrogen) atoms. The van der Waals surface area contributed by atoms with Crippen molar-refractivity contribution in [1.29, 1.82) is 0 Å². The maximum Gasteiger partial charge on any atom is 0.407 e. The van der Waals surface area contributed by atoms with Crippen LogP contribution >= 0.6 is 0 Å². The van der Waals surface area contributed by atoms with Crippen molar-refractivity contribution in [3.05, 3.63) is 12.7 Å². The average Bonchev–Trinajstić information content (AvgIpc) is 2.97. The van der Waals surface area contributed by atoms with Crippen molar-refractivity contribution in [2.45, 2.75) is 106 Å². The molecule has 7 N–H and O–H groups in total. The van der Waals surface area contributed by atoms with Gasteiger partial charge >= 0.3 is 12.1 Å². The number of amides is 1. The number of hydrogen-bond donors (Lipinski definition) is 7. The molecule has 2 heterocycles. The molecule has 21 heteroatoms. The molecule has 0 aliphatic carbocycles. The molecule has 2 fully saturated rings. The van der Waals surface area contributed by atoms with Gasteiger partial charge in [-0.2, -0.15) is 0 Å². The molecule has 1 amide bonds. The summed E-state index contributed by atoms with van der Waals surface area (Å²) in [5.41, 5.74) is 0. The van der Waals surface area contributed by atoms with E-state index in [9.17, 15) is 40.2 Å². The monoisotopic (exact) mass is 1960 g/mol. The SMILES string of the molecule is C=CCOC(=O)NC1C(O[C@H]2OC(CO)[C@@H](O)C(O)C2O)[C@H](O)C(CO)O[C@H]1OCCCCCCCCC(=O)OC.[Ac].[Ac].[Ac].[Ac].[Ac].[Ac]. The molecule has 15 nitrogen and oxygen atoms in total. The molecule has 256 valence electrons. The van der Waals surface area contributed by atoms with E-state index in [1.807, 2.05) is 0 Å². The predicted octanol–water partition coefficient (Wildman–Crippen LogP) is -1.55. The zero-order valence-electron chi connectivity index (χ0n) is 26.7. The summed E-state index contributed by atoms with van der Waals surface area (Å²) in [5, 5.41) is 63.4. The third-order valence-corrected chi connectivity index (χ3v) is 6.90. The second-order valence-electron chi connectivity index (χ2n) is 9.89. The summed E-state index contributed by atoms with van der Waals surface area (Å²) in [4.78, 5) is 23.6. The summed E-state index contributed by atoms with van der Waals surface area (Å²) < 4.78 is 32.4. The Kier molecular flexibility index (Phi) is 49.6. The van der Waals surface area contributed by atoms with Crippen LogP contribution in [0.15, 0.2) is 12.7 Å². The Morgan fingerprint density at radius 3 is 1.85 bits per heavy atom. The molecule has 0 aromatic rings. The minimum Gasteiger partial charge on any atom is -0.469 e. The van der Waals surface area contributed by atoms with Crippen molar-refractivity contribution in [2.75, 3.05) is 33.5 Å². The van der Waals surface area contributed by atoms with Crippen molar-refractivity contribution in [3.8, 4) is 0 Å². The Balaban J connectivity index is -0.000000980. The molecular weight excluding hydrogens is 1910 g/mol. The Bertz CT molecular complexity index is 811. The molecule has 0 saturated carbocycles.